The van der Waals surface area contributed by atoms with Gasteiger partial charge in [-0.25, -0.2) is 9.59 Å². The normalized spacial score (nSPS) is 13.6. The fourth-order valence-corrected chi connectivity index (χ4v) is 3.00. The highest BCUT2D eigenvalue weighted by Crippen LogP contribution is 2.22. The molecule has 0 saturated heterocycles. The second-order valence-corrected chi connectivity index (χ2v) is 6.77. The second kappa shape index (κ2) is 8.16. The van der Waals surface area contributed by atoms with Crippen LogP contribution in [0.2, 0.25) is 0 Å². The maximum Gasteiger partial charge on any atom is 0.326 e. The highest BCUT2D eigenvalue weighted by Gasteiger charge is 2.20. The number of carboxylic acids is 1. The van der Waals surface area contributed by atoms with Crippen molar-refractivity contribution in [3.63, 3.8) is 0 Å². The van der Waals surface area contributed by atoms with E-state index < -0.39 is 18.0 Å². The number of aliphatic carboxylic acids is 1. The molecule has 3 N–H and O–H groups in total. The Balaban J connectivity index is 2.50. The molecule has 1 aromatic heterocycles. The molecule has 20 heavy (non-hydrogen) atoms. The summed E-state index contributed by atoms with van der Waals surface area (Å²) in [5, 5.41) is 14.3. The predicted molar refractivity (Wildman–Crippen MR) is 83.6 cm³/mol. The van der Waals surface area contributed by atoms with E-state index in [-0.39, 0.29) is 6.04 Å². The van der Waals surface area contributed by atoms with Crippen LogP contribution in [-0.2, 0) is 4.79 Å². The molecule has 1 unspecified atom stereocenters. The van der Waals surface area contributed by atoms with E-state index in [1.807, 2.05) is 32.2 Å². The largest absolute Gasteiger partial charge is 0.480 e. The summed E-state index contributed by atoms with van der Waals surface area (Å²) in [6.07, 6.45) is 2.32. The first-order valence-electron chi connectivity index (χ1n) is 6.29. The minimum Gasteiger partial charge on any atom is -0.480 e. The molecule has 0 aliphatic rings. The Hall–Kier alpha value is -1.21. The van der Waals surface area contributed by atoms with Gasteiger partial charge < -0.3 is 15.7 Å². The molecule has 0 radical (unpaired) electrons. The van der Waals surface area contributed by atoms with E-state index in [4.69, 9.17) is 5.11 Å². The smallest absolute Gasteiger partial charge is 0.326 e. The lowest BCUT2D eigenvalue weighted by atomic mass is 10.2. The fraction of sp³-hybridized carbons (Fsp3) is 0.538. The van der Waals surface area contributed by atoms with Crippen molar-refractivity contribution >= 4 is 35.1 Å². The molecule has 0 fully saturated rings. The summed E-state index contributed by atoms with van der Waals surface area (Å²) in [7, 11) is 0. The van der Waals surface area contributed by atoms with Gasteiger partial charge in [0, 0.05) is 9.75 Å². The van der Waals surface area contributed by atoms with Crippen LogP contribution in [0, 0.1) is 6.92 Å². The molecule has 0 spiro atoms. The topological polar surface area (TPSA) is 78.4 Å². The zero-order chi connectivity index (χ0) is 15.1. The average molecular weight is 316 g/mol. The molecule has 0 aliphatic carbocycles. The number of carboxylic acid groups (broad SMARTS) is 1. The number of thioether (sulfide) groups is 1. The molecule has 1 heterocycles. The van der Waals surface area contributed by atoms with E-state index in [1.165, 1.54) is 4.88 Å². The quantitative estimate of drug-likeness (QED) is 0.722. The van der Waals surface area contributed by atoms with Crippen LogP contribution < -0.4 is 10.6 Å². The zero-order valence-electron chi connectivity index (χ0n) is 11.8. The summed E-state index contributed by atoms with van der Waals surface area (Å²) < 4.78 is 0. The van der Waals surface area contributed by atoms with Crippen LogP contribution >= 0.6 is 23.1 Å². The van der Waals surface area contributed by atoms with Crippen molar-refractivity contribution in [2.45, 2.75) is 32.4 Å². The van der Waals surface area contributed by atoms with E-state index in [9.17, 15) is 9.59 Å². The Kier molecular flexibility index (Phi) is 6.87. The van der Waals surface area contributed by atoms with Gasteiger partial charge in [-0.3, -0.25) is 0 Å². The number of carbonyl (C=O) groups is 2. The van der Waals surface area contributed by atoms with Gasteiger partial charge in [0.15, 0.2) is 0 Å². The van der Waals surface area contributed by atoms with Crippen LogP contribution in [0.15, 0.2) is 12.1 Å². The van der Waals surface area contributed by atoms with Crippen molar-refractivity contribution in [3.8, 4) is 0 Å². The number of nitrogens with one attached hydrogen (secondary N) is 2. The Morgan fingerprint density at radius 1 is 1.40 bits per heavy atom. The van der Waals surface area contributed by atoms with Gasteiger partial charge in [-0.2, -0.15) is 11.8 Å². The van der Waals surface area contributed by atoms with Crippen LogP contribution in [0.1, 0.15) is 29.1 Å². The van der Waals surface area contributed by atoms with Crippen molar-refractivity contribution in [1.29, 1.82) is 0 Å². The van der Waals surface area contributed by atoms with Crippen LogP contribution in [-0.4, -0.2) is 35.2 Å². The monoisotopic (exact) mass is 316 g/mol. The number of amides is 2. The number of carbonyl (C=O) groups excluding carboxylic acids is 1. The SMILES string of the molecule is CSCC[C@@H](NC(=O)NC(C)c1ccc(C)s1)C(=O)O. The van der Waals surface area contributed by atoms with Gasteiger partial charge in [0.1, 0.15) is 6.04 Å². The molecule has 2 atom stereocenters. The third kappa shape index (κ3) is 5.42. The van der Waals surface area contributed by atoms with Gasteiger partial charge in [-0.1, -0.05) is 0 Å². The highest BCUT2D eigenvalue weighted by atomic mass is 32.2. The van der Waals surface area contributed by atoms with Gasteiger partial charge in [0.2, 0.25) is 0 Å². The number of thiophene rings is 1. The van der Waals surface area contributed by atoms with Crippen molar-refractivity contribution < 1.29 is 14.7 Å². The molecule has 0 aromatic carbocycles. The maximum atomic E-state index is 11.8. The lowest BCUT2D eigenvalue weighted by Crippen LogP contribution is -2.46. The van der Waals surface area contributed by atoms with Gasteiger partial charge in [-0.05, 0) is 44.4 Å². The third-order valence-electron chi connectivity index (χ3n) is 2.75. The number of aryl methyl sites for hydroxylation is 1. The van der Waals surface area contributed by atoms with E-state index in [0.717, 1.165) is 4.88 Å². The van der Waals surface area contributed by atoms with Gasteiger partial charge >= 0.3 is 12.0 Å². The van der Waals surface area contributed by atoms with E-state index >= 15 is 0 Å². The average Bonchev–Trinajstić information content (AvgIpc) is 2.80. The van der Waals surface area contributed by atoms with Crippen molar-refractivity contribution in [1.82, 2.24) is 10.6 Å². The highest BCUT2D eigenvalue weighted by molar-refractivity contribution is 7.98. The van der Waals surface area contributed by atoms with E-state index in [1.54, 1.807) is 23.1 Å². The Labute approximate surface area is 127 Å². The molecule has 1 rings (SSSR count). The Bertz CT molecular complexity index is 462. The summed E-state index contributed by atoms with van der Waals surface area (Å²) in [4.78, 5) is 25.1. The lowest BCUT2D eigenvalue weighted by Gasteiger charge is -2.17. The standard InChI is InChI=1S/C13H20N2O3S2/c1-8-4-5-11(20-8)9(2)14-13(18)15-10(12(16)17)6-7-19-3/h4-5,9-10H,6-7H2,1-3H3,(H,16,17)(H2,14,15,18)/t9?,10-/m1/s1. The number of urea groups is 1. The first-order chi connectivity index (χ1) is 9.43. The summed E-state index contributed by atoms with van der Waals surface area (Å²) in [6.45, 7) is 3.88. The van der Waals surface area contributed by atoms with Gasteiger partial charge in [-0.15, -0.1) is 11.3 Å². The third-order valence-corrected chi connectivity index (χ3v) is 4.58. The Morgan fingerprint density at radius 3 is 2.60 bits per heavy atom. The number of hydrogen-bond acceptors (Lipinski definition) is 4. The summed E-state index contributed by atoms with van der Waals surface area (Å²) >= 11 is 3.17. The molecular formula is C13H20N2O3S2. The molecule has 7 heteroatoms. The van der Waals surface area contributed by atoms with E-state index in [0.29, 0.717) is 12.2 Å². The number of hydrogen-bond donors (Lipinski definition) is 3. The molecule has 5 nitrogen and oxygen atoms in total. The second-order valence-electron chi connectivity index (χ2n) is 4.46. The summed E-state index contributed by atoms with van der Waals surface area (Å²) in [6, 6.07) is 2.53. The maximum absolute atomic E-state index is 11.8. The molecule has 1 aromatic rings. The molecule has 0 saturated carbocycles. The van der Waals surface area contributed by atoms with Crippen molar-refractivity contribution in [2.24, 2.45) is 0 Å². The molecule has 2 amide bonds. The molecular weight excluding hydrogens is 296 g/mol. The number of rotatable bonds is 7. The van der Waals surface area contributed by atoms with E-state index in [2.05, 4.69) is 10.6 Å². The van der Waals surface area contributed by atoms with Gasteiger partial charge in [0.05, 0.1) is 6.04 Å². The zero-order valence-corrected chi connectivity index (χ0v) is 13.4. The molecule has 0 aliphatic heterocycles. The van der Waals surface area contributed by atoms with Gasteiger partial charge in [0.25, 0.3) is 0 Å². The minimum absolute atomic E-state index is 0.135. The first kappa shape index (κ1) is 16.8. The van der Waals surface area contributed by atoms with Crippen molar-refractivity contribution in [2.75, 3.05) is 12.0 Å². The molecule has 0 bridgehead atoms. The fourth-order valence-electron chi connectivity index (χ4n) is 1.65. The Morgan fingerprint density at radius 2 is 2.10 bits per heavy atom. The predicted octanol–water partition coefficient (Wildman–Crippen LogP) is 2.62. The summed E-state index contributed by atoms with van der Waals surface area (Å²) in [5.41, 5.74) is 0. The lowest BCUT2D eigenvalue weighted by molar-refractivity contribution is -0.139. The van der Waals surface area contributed by atoms with Crippen LogP contribution in [0.3, 0.4) is 0 Å². The molecule has 112 valence electrons. The van der Waals surface area contributed by atoms with Crippen LogP contribution in [0.4, 0.5) is 4.79 Å². The summed E-state index contributed by atoms with van der Waals surface area (Å²) in [5.74, 6) is -0.314. The minimum atomic E-state index is -1.01. The van der Waals surface area contributed by atoms with Crippen molar-refractivity contribution in [3.05, 3.63) is 21.9 Å². The van der Waals surface area contributed by atoms with Crippen LogP contribution in [0.5, 0.6) is 0 Å². The van der Waals surface area contributed by atoms with Crippen LogP contribution in [0.25, 0.3) is 0 Å². The first-order valence-corrected chi connectivity index (χ1v) is 8.50.